The van der Waals surface area contributed by atoms with Gasteiger partial charge in [0.2, 0.25) is 0 Å². The van der Waals surface area contributed by atoms with E-state index in [9.17, 15) is 0 Å². The Kier molecular flexibility index (Phi) is 2.94. The van der Waals surface area contributed by atoms with Crippen LogP contribution in [0.15, 0.2) is 42.5 Å². The lowest BCUT2D eigenvalue weighted by Crippen LogP contribution is -2.14. The Hall–Kier alpha value is -1.96. The summed E-state index contributed by atoms with van der Waals surface area (Å²) in [5, 5.41) is 0. The van der Waals surface area contributed by atoms with Crippen LogP contribution in [0.4, 0.5) is 11.4 Å². The molecule has 2 aromatic rings. The molecule has 19 heavy (non-hydrogen) atoms. The summed E-state index contributed by atoms with van der Waals surface area (Å²) in [4.78, 5) is 2.40. The molecule has 0 aliphatic carbocycles. The average molecular weight is 252 g/mol. The van der Waals surface area contributed by atoms with Crippen molar-refractivity contribution in [2.24, 2.45) is 0 Å². The Labute approximate surface area is 114 Å². The third kappa shape index (κ3) is 2.19. The molecule has 0 atom stereocenters. The number of fused-ring (bicyclic) bond motifs is 1. The first-order chi connectivity index (χ1) is 9.15. The highest BCUT2D eigenvalue weighted by Gasteiger charge is 2.21. The van der Waals surface area contributed by atoms with Crippen LogP contribution in [-0.4, -0.2) is 0 Å². The maximum absolute atomic E-state index is 6.06. The van der Waals surface area contributed by atoms with Crippen molar-refractivity contribution in [2.75, 3.05) is 10.6 Å². The molecule has 0 amide bonds. The van der Waals surface area contributed by atoms with Crippen LogP contribution >= 0.6 is 0 Å². The van der Waals surface area contributed by atoms with E-state index in [2.05, 4.69) is 49.1 Å². The molecule has 0 bridgehead atoms. The molecule has 3 rings (SSSR count). The van der Waals surface area contributed by atoms with Gasteiger partial charge >= 0.3 is 0 Å². The Morgan fingerprint density at radius 3 is 2.58 bits per heavy atom. The third-order valence-corrected chi connectivity index (χ3v) is 3.92. The Bertz CT molecular complexity index is 602. The summed E-state index contributed by atoms with van der Waals surface area (Å²) < 4.78 is 0. The molecular formula is C17H20N2. The van der Waals surface area contributed by atoms with Crippen LogP contribution in [0, 0.1) is 0 Å². The summed E-state index contributed by atoms with van der Waals surface area (Å²) in [5.41, 5.74) is 12.3. The van der Waals surface area contributed by atoms with Crippen LogP contribution in [0.1, 0.15) is 36.5 Å². The summed E-state index contributed by atoms with van der Waals surface area (Å²) in [6.07, 6.45) is 0. The van der Waals surface area contributed by atoms with Crippen LogP contribution in [0.25, 0.3) is 0 Å². The standard InChI is InChI=1S/C17H20N2/c1-12(2)13-5-3-7-15(9-13)19-10-14-6-4-8-17(18)16(14)11-19/h3-9,12H,10-11,18H2,1-2H3. The second kappa shape index (κ2) is 4.61. The van der Waals surface area contributed by atoms with E-state index in [1.54, 1.807) is 0 Å². The third-order valence-electron chi connectivity index (χ3n) is 3.92. The van der Waals surface area contributed by atoms with E-state index in [1.807, 2.05) is 12.1 Å². The van der Waals surface area contributed by atoms with E-state index in [-0.39, 0.29) is 0 Å². The van der Waals surface area contributed by atoms with E-state index in [0.717, 1.165) is 18.8 Å². The number of nitrogen functional groups attached to an aromatic ring is 1. The second-order valence-corrected chi connectivity index (χ2v) is 5.59. The lowest BCUT2D eigenvalue weighted by Gasteiger charge is -2.19. The zero-order chi connectivity index (χ0) is 13.4. The van der Waals surface area contributed by atoms with Crippen LogP contribution in [0.2, 0.25) is 0 Å². The molecule has 2 nitrogen and oxygen atoms in total. The van der Waals surface area contributed by atoms with E-state index in [1.165, 1.54) is 22.4 Å². The maximum Gasteiger partial charge on any atom is 0.0457 e. The number of nitrogens with zero attached hydrogens (tertiary/aromatic N) is 1. The van der Waals surface area contributed by atoms with Crippen molar-refractivity contribution in [1.82, 2.24) is 0 Å². The van der Waals surface area contributed by atoms with Crippen LogP contribution < -0.4 is 10.6 Å². The lowest BCUT2D eigenvalue weighted by molar-refractivity contribution is 0.849. The molecule has 0 saturated carbocycles. The molecule has 0 radical (unpaired) electrons. The first-order valence-corrected chi connectivity index (χ1v) is 6.86. The topological polar surface area (TPSA) is 29.3 Å². The lowest BCUT2D eigenvalue weighted by atomic mass is 10.0. The molecule has 0 unspecified atom stereocenters. The average Bonchev–Trinajstić information content (AvgIpc) is 2.84. The van der Waals surface area contributed by atoms with E-state index in [4.69, 9.17) is 5.73 Å². The molecule has 1 aliphatic heterocycles. The van der Waals surface area contributed by atoms with Gasteiger partial charge in [-0.15, -0.1) is 0 Å². The highest BCUT2D eigenvalue weighted by Crippen LogP contribution is 2.32. The van der Waals surface area contributed by atoms with Gasteiger partial charge in [-0.1, -0.05) is 38.1 Å². The zero-order valence-corrected chi connectivity index (χ0v) is 11.6. The Morgan fingerprint density at radius 1 is 1.05 bits per heavy atom. The van der Waals surface area contributed by atoms with Crippen LogP contribution in [-0.2, 0) is 13.1 Å². The zero-order valence-electron chi connectivity index (χ0n) is 11.6. The highest BCUT2D eigenvalue weighted by molar-refractivity contribution is 5.60. The van der Waals surface area contributed by atoms with Crippen molar-refractivity contribution >= 4 is 11.4 Å². The van der Waals surface area contributed by atoms with Crippen molar-refractivity contribution in [3.63, 3.8) is 0 Å². The van der Waals surface area contributed by atoms with Gasteiger partial charge in [-0.3, -0.25) is 0 Å². The highest BCUT2D eigenvalue weighted by atomic mass is 15.1. The van der Waals surface area contributed by atoms with Gasteiger partial charge in [-0.05, 0) is 40.8 Å². The molecule has 98 valence electrons. The number of anilines is 2. The molecule has 2 aromatic carbocycles. The fourth-order valence-corrected chi connectivity index (χ4v) is 2.71. The van der Waals surface area contributed by atoms with Gasteiger partial charge < -0.3 is 10.6 Å². The summed E-state index contributed by atoms with van der Waals surface area (Å²) in [6, 6.07) is 15.1. The fourth-order valence-electron chi connectivity index (χ4n) is 2.71. The normalized spacial score (nSPS) is 13.9. The molecule has 2 heteroatoms. The van der Waals surface area contributed by atoms with Gasteiger partial charge in [-0.2, -0.15) is 0 Å². The minimum Gasteiger partial charge on any atom is -0.398 e. The van der Waals surface area contributed by atoms with Gasteiger partial charge in [0.05, 0.1) is 0 Å². The van der Waals surface area contributed by atoms with Gasteiger partial charge in [0.1, 0.15) is 0 Å². The predicted octanol–water partition coefficient (Wildman–Crippen LogP) is 3.91. The summed E-state index contributed by atoms with van der Waals surface area (Å²) in [5.74, 6) is 0.565. The molecule has 0 aromatic heterocycles. The van der Waals surface area contributed by atoms with Crippen molar-refractivity contribution in [3.05, 3.63) is 59.2 Å². The molecule has 1 aliphatic rings. The van der Waals surface area contributed by atoms with Gasteiger partial charge in [-0.25, -0.2) is 0 Å². The Morgan fingerprint density at radius 2 is 1.84 bits per heavy atom. The number of rotatable bonds is 2. The monoisotopic (exact) mass is 252 g/mol. The van der Waals surface area contributed by atoms with Gasteiger partial charge in [0, 0.05) is 24.5 Å². The molecule has 0 spiro atoms. The van der Waals surface area contributed by atoms with Gasteiger partial charge in [0.25, 0.3) is 0 Å². The smallest absolute Gasteiger partial charge is 0.0457 e. The van der Waals surface area contributed by atoms with E-state index >= 15 is 0 Å². The van der Waals surface area contributed by atoms with Crippen molar-refractivity contribution in [2.45, 2.75) is 32.9 Å². The molecule has 2 N–H and O–H groups in total. The summed E-state index contributed by atoms with van der Waals surface area (Å²) >= 11 is 0. The SMILES string of the molecule is CC(C)c1cccc(N2Cc3cccc(N)c3C2)c1. The molecular weight excluding hydrogens is 232 g/mol. The van der Waals surface area contributed by atoms with Gasteiger partial charge in [0.15, 0.2) is 0 Å². The molecule has 0 fully saturated rings. The largest absolute Gasteiger partial charge is 0.398 e. The first-order valence-electron chi connectivity index (χ1n) is 6.86. The summed E-state index contributed by atoms with van der Waals surface area (Å²) in [6.45, 7) is 6.34. The predicted molar refractivity (Wildman–Crippen MR) is 81.3 cm³/mol. The molecule has 0 saturated heterocycles. The van der Waals surface area contributed by atoms with E-state index in [0.29, 0.717) is 5.92 Å². The van der Waals surface area contributed by atoms with E-state index < -0.39 is 0 Å². The minimum absolute atomic E-state index is 0.565. The van der Waals surface area contributed by atoms with Crippen LogP contribution in [0.3, 0.4) is 0 Å². The number of nitrogens with two attached hydrogens (primary N) is 1. The maximum atomic E-state index is 6.06. The second-order valence-electron chi connectivity index (χ2n) is 5.59. The number of benzene rings is 2. The van der Waals surface area contributed by atoms with Crippen molar-refractivity contribution in [1.29, 1.82) is 0 Å². The van der Waals surface area contributed by atoms with Crippen molar-refractivity contribution in [3.8, 4) is 0 Å². The number of hydrogen-bond donors (Lipinski definition) is 1. The minimum atomic E-state index is 0.565. The first kappa shape index (κ1) is 12.1. The summed E-state index contributed by atoms with van der Waals surface area (Å²) in [7, 11) is 0. The fraction of sp³-hybridized carbons (Fsp3) is 0.294. The quantitative estimate of drug-likeness (QED) is 0.821. The molecule has 1 heterocycles. The van der Waals surface area contributed by atoms with Crippen molar-refractivity contribution < 1.29 is 0 Å². The number of hydrogen-bond acceptors (Lipinski definition) is 2. The van der Waals surface area contributed by atoms with Crippen LogP contribution in [0.5, 0.6) is 0 Å². The Balaban J connectivity index is 1.91.